The van der Waals surface area contributed by atoms with Crippen molar-refractivity contribution < 1.29 is 9.53 Å². The number of carbonyl (C=O) groups excluding carboxylic acids is 1. The van der Waals surface area contributed by atoms with E-state index in [0.29, 0.717) is 5.56 Å². The number of methoxy groups -OCH3 is 1. The predicted octanol–water partition coefficient (Wildman–Crippen LogP) is 6.38. The number of hydrogen-bond acceptors (Lipinski definition) is 2. The summed E-state index contributed by atoms with van der Waals surface area (Å²) < 4.78 is 5.46. The molecule has 1 saturated heterocycles. The highest BCUT2D eigenvalue weighted by atomic mass is 35.5. The van der Waals surface area contributed by atoms with Crippen molar-refractivity contribution in [2.45, 2.75) is 31.8 Å². The third-order valence-electron chi connectivity index (χ3n) is 5.72. The summed E-state index contributed by atoms with van der Waals surface area (Å²) in [6, 6.07) is 23.7. The summed E-state index contributed by atoms with van der Waals surface area (Å²) in [5, 5.41) is 0.718. The first-order valence-corrected chi connectivity index (χ1v) is 10.3. The molecule has 3 nitrogen and oxygen atoms in total. The number of halogens is 1. The highest BCUT2D eigenvalue weighted by Crippen LogP contribution is 2.40. The van der Waals surface area contributed by atoms with Crippen molar-refractivity contribution in [2.75, 3.05) is 7.11 Å². The van der Waals surface area contributed by atoms with Crippen LogP contribution in [0.1, 0.15) is 41.7 Å². The standard InChI is InChI=1S/C25H24ClNO2/c1-17-11-16-23(21-8-3-5-9-22(21)26)27(17)25(28)19-14-12-18(13-15-19)20-7-4-6-10-24(20)29-2/h3-10,12-15,17,23H,11,16H2,1-2H3/t17-,23+/m0/s1. The maximum Gasteiger partial charge on any atom is 0.254 e. The molecule has 0 unspecified atom stereocenters. The molecule has 1 aliphatic rings. The molecule has 1 amide bonds. The van der Waals surface area contributed by atoms with Gasteiger partial charge in [-0.2, -0.15) is 0 Å². The Morgan fingerprint density at radius 3 is 2.38 bits per heavy atom. The molecular weight excluding hydrogens is 382 g/mol. The van der Waals surface area contributed by atoms with Gasteiger partial charge in [0.1, 0.15) is 5.75 Å². The van der Waals surface area contributed by atoms with E-state index in [-0.39, 0.29) is 18.0 Å². The zero-order valence-electron chi connectivity index (χ0n) is 16.6. The van der Waals surface area contributed by atoms with Crippen LogP contribution in [0.15, 0.2) is 72.8 Å². The normalized spacial score (nSPS) is 18.7. The molecule has 0 aromatic heterocycles. The molecule has 1 fully saturated rings. The van der Waals surface area contributed by atoms with E-state index in [0.717, 1.165) is 40.3 Å². The fourth-order valence-corrected chi connectivity index (χ4v) is 4.46. The summed E-state index contributed by atoms with van der Waals surface area (Å²) in [5.74, 6) is 0.866. The number of amides is 1. The first kappa shape index (κ1) is 19.5. The Morgan fingerprint density at radius 2 is 1.66 bits per heavy atom. The van der Waals surface area contributed by atoms with Gasteiger partial charge >= 0.3 is 0 Å². The van der Waals surface area contributed by atoms with Gasteiger partial charge < -0.3 is 9.64 Å². The van der Waals surface area contributed by atoms with Crippen molar-refractivity contribution in [3.8, 4) is 16.9 Å². The maximum atomic E-state index is 13.4. The third kappa shape index (κ3) is 3.75. The predicted molar refractivity (Wildman–Crippen MR) is 117 cm³/mol. The van der Waals surface area contributed by atoms with Crippen LogP contribution >= 0.6 is 11.6 Å². The largest absolute Gasteiger partial charge is 0.496 e. The fourth-order valence-electron chi connectivity index (χ4n) is 4.20. The molecule has 0 radical (unpaired) electrons. The van der Waals surface area contributed by atoms with Crippen LogP contribution in [0.2, 0.25) is 5.02 Å². The number of likely N-dealkylation sites (tertiary alicyclic amines) is 1. The van der Waals surface area contributed by atoms with Crippen molar-refractivity contribution in [2.24, 2.45) is 0 Å². The number of rotatable bonds is 4. The van der Waals surface area contributed by atoms with Gasteiger partial charge in [0.25, 0.3) is 5.91 Å². The fraction of sp³-hybridized carbons (Fsp3) is 0.240. The van der Waals surface area contributed by atoms with Gasteiger partial charge in [0.15, 0.2) is 0 Å². The molecule has 0 aliphatic carbocycles. The molecule has 3 aromatic rings. The molecular formula is C25H24ClNO2. The van der Waals surface area contributed by atoms with Crippen LogP contribution in [0.4, 0.5) is 0 Å². The highest BCUT2D eigenvalue weighted by Gasteiger charge is 2.36. The highest BCUT2D eigenvalue weighted by molar-refractivity contribution is 6.31. The lowest BCUT2D eigenvalue weighted by Gasteiger charge is -2.29. The van der Waals surface area contributed by atoms with Crippen LogP contribution in [0.25, 0.3) is 11.1 Å². The molecule has 0 spiro atoms. The lowest BCUT2D eigenvalue weighted by Crippen LogP contribution is -2.35. The van der Waals surface area contributed by atoms with Crippen molar-refractivity contribution in [1.29, 1.82) is 0 Å². The minimum Gasteiger partial charge on any atom is -0.496 e. The van der Waals surface area contributed by atoms with Crippen LogP contribution in [0.3, 0.4) is 0 Å². The quantitative estimate of drug-likeness (QED) is 0.503. The zero-order valence-corrected chi connectivity index (χ0v) is 17.4. The van der Waals surface area contributed by atoms with Gasteiger partial charge in [-0.1, -0.05) is 60.1 Å². The molecule has 0 N–H and O–H groups in total. The second-order valence-corrected chi connectivity index (χ2v) is 7.86. The van der Waals surface area contributed by atoms with Gasteiger partial charge in [0.2, 0.25) is 0 Å². The van der Waals surface area contributed by atoms with E-state index in [1.807, 2.05) is 77.7 Å². The van der Waals surface area contributed by atoms with Crippen LogP contribution in [-0.4, -0.2) is 24.0 Å². The van der Waals surface area contributed by atoms with E-state index in [4.69, 9.17) is 16.3 Å². The van der Waals surface area contributed by atoms with Crippen LogP contribution in [0, 0.1) is 0 Å². The van der Waals surface area contributed by atoms with Crippen LogP contribution in [0.5, 0.6) is 5.75 Å². The molecule has 3 aromatic carbocycles. The van der Waals surface area contributed by atoms with Gasteiger partial charge in [0.05, 0.1) is 13.2 Å². The Hall–Kier alpha value is -2.78. The van der Waals surface area contributed by atoms with E-state index in [2.05, 4.69) is 6.92 Å². The number of nitrogens with zero attached hydrogens (tertiary/aromatic N) is 1. The Morgan fingerprint density at radius 1 is 0.966 bits per heavy atom. The summed E-state index contributed by atoms with van der Waals surface area (Å²) >= 11 is 6.44. The third-order valence-corrected chi connectivity index (χ3v) is 6.06. The van der Waals surface area contributed by atoms with E-state index >= 15 is 0 Å². The number of hydrogen-bond donors (Lipinski definition) is 0. The maximum absolute atomic E-state index is 13.4. The molecule has 29 heavy (non-hydrogen) atoms. The average Bonchev–Trinajstić information content (AvgIpc) is 3.14. The molecule has 0 bridgehead atoms. The first-order chi connectivity index (χ1) is 14.1. The molecule has 2 atom stereocenters. The summed E-state index contributed by atoms with van der Waals surface area (Å²) in [4.78, 5) is 15.4. The van der Waals surface area contributed by atoms with Crippen molar-refractivity contribution >= 4 is 17.5 Å². The lowest BCUT2D eigenvalue weighted by atomic mass is 10.0. The van der Waals surface area contributed by atoms with E-state index in [1.54, 1.807) is 7.11 Å². The van der Waals surface area contributed by atoms with Crippen LogP contribution < -0.4 is 4.74 Å². The second kappa shape index (κ2) is 8.30. The summed E-state index contributed by atoms with van der Waals surface area (Å²) in [7, 11) is 1.67. The van der Waals surface area contributed by atoms with Gasteiger partial charge in [-0.25, -0.2) is 0 Å². The first-order valence-electron chi connectivity index (χ1n) is 9.90. The Kier molecular flexibility index (Phi) is 5.59. The molecule has 148 valence electrons. The number of carbonyl (C=O) groups is 1. The van der Waals surface area contributed by atoms with Gasteiger partial charge in [-0.15, -0.1) is 0 Å². The van der Waals surface area contributed by atoms with E-state index in [1.165, 1.54) is 0 Å². The molecule has 1 heterocycles. The number of para-hydroxylation sites is 1. The van der Waals surface area contributed by atoms with E-state index in [9.17, 15) is 4.79 Å². The average molecular weight is 406 g/mol. The lowest BCUT2D eigenvalue weighted by molar-refractivity contribution is 0.0678. The minimum absolute atomic E-state index is 0.0140. The van der Waals surface area contributed by atoms with Gasteiger partial charge in [-0.05, 0) is 55.2 Å². The van der Waals surface area contributed by atoms with Gasteiger partial charge in [0, 0.05) is 22.2 Å². The minimum atomic E-state index is 0.0140. The molecule has 0 saturated carbocycles. The zero-order chi connectivity index (χ0) is 20.4. The SMILES string of the molecule is COc1ccccc1-c1ccc(C(=O)N2[C@@H](c3ccccc3Cl)CC[C@@H]2C)cc1. The Bertz CT molecular complexity index is 1020. The topological polar surface area (TPSA) is 29.5 Å². The second-order valence-electron chi connectivity index (χ2n) is 7.45. The summed E-state index contributed by atoms with van der Waals surface area (Å²) in [6.07, 6.45) is 1.90. The Labute approximate surface area is 176 Å². The molecule has 1 aliphatic heterocycles. The van der Waals surface area contributed by atoms with E-state index < -0.39 is 0 Å². The summed E-state index contributed by atoms with van der Waals surface area (Å²) in [6.45, 7) is 2.11. The number of ether oxygens (including phenoxy) is 1. The van der Waals surface area contributed by atoms with Crippen LogP contribution in [-0.2, 0) is 0 Å². The Balaban J connectivity index is 1.62. The van der Waals surface area contributed by atoms with Crippen molar-refractivity contribution in [1.82, 2.24) is 4.90 Å². The summed E-state index contributed by atoms with van der Waals surface area (Å²) in [5.41, 5.74) is 3.75. The molecule has 4 heteroatoms. The van der Waals surface area contributed by atoms with Gasteiger partial charge in [-0.3, -0.25) is 4.79 Å². The number of benzene rings is 3. The van der Waals surface area contributed by atoms with Crippen molar-refractivity contribution in [3.05, 3.63) is 88.9 Å². The molecule has 4 rings (SSSR count). The smallest absolute Gasteiger partial charge is 0.254 e. The van der Waals surface area contributed by atoms with Crippen molar-refractivity contribution in [3.63, 3.8) is 0 Å². The monoisotopic (exact) mass is 405 g/mol.